The van der Waals surface area contributed by atoms with Crippen molar-refractivity contribution in [1.29, 1.82) is 0 Å². The zero-order chi connectivity index (χ0) is 17.8. The minimum absolute atomic E-state index is 0.219. The molecule has 1 aromatic heterocycles. The quantitative estimate of drug-likeness (QED) is 0.826. The maximum absolute atomic E-state index is 12.6. The van der Waals surface area contributed by atoms with Gasteiger partial charge in [0.25, 0.3) is 0 Å². The van der Waals surface area contributed by atoms with Crippen LogP contribution in [-0.4, -0.2) is 60.0 Å². The van der Waals surface area contributed by atoms with Crippen molar-refractivity contribution in [2.45, 2.75) is 19.3 Å². The first-order valence-electron chi connectivity index (χ1n) is 9.41. The lowest BCUT2D eigenvalue weighted by Crippen LogP contribution is -2.49. The van der Waals surface area contributed by atoms with Gasteiger partial charge in [-0.2, -0.15) is 0 Å². The molecule has 4 rings (SSSR count). The number of hydrogen-bond acceptors (Lipinski definition) is 4. The van der Waals surface area contributed by atoms with E-state index in [1.807, 2.05) is 23.4 Å². The van der Waals surface area contributed by atoms with Gasteiger partial charge in [0.15, 0.2) is 0 Å². The third-order valence-electron chi connectivity index (χ3n) is 5.31. The van der Waals surface area contributed by atoms with Gasteiger partial charge in [0.1, 0.15) is 5.75 Å². The number of fused-ring (bicyclic) bond motifs is 1. The van der Waals surface area contributed by atoms with Crippen molar-refractivity contribution in [3.8, 4) is 5.75 Å². The van der Waals surface area contributed by atoms with Crippen LogP contribution in [0.4, 0.5) is 0 Å². The number of nitrogens with zero attached hydrogens (tertiary/aromatic N) is 3. The Labute approximate surface area is 154 Å². The minimum Gasteiger partial charge on any atom is -0.493 e. The third-order valence-corrected chi connectivity index (χ3v) is 5.31. The van der Waals surface area contributed by atoms with E-state index in [0.29, 0.717) is 6.42 Å². The van der Waals surface area contributed by atoms with Gasteiger partial charge in [0, 0.05) is 51.5 Å². The maximum Gasteiger partial charge on any atom is 0.227 e. The van der Waals surface area contributed by atoms with Crippen LogP contribution in [0.25, 0.3) is 0 Å². The van der Waals surface area contributed by atoms with E-state index in [-0.39, 0.29) is 5.91 Å². The molecule has 2 aliphatic rings. The van der Waals surface area contributed by atoms with Crippen LogP contribution < -0.4 is 4.74 Å². The average molecular weight is 351 g/mol. The molecule has 1 aromatic carbocycles. The van der Waals surface area contributed by atoms with Crippen molar-refractivity contribution < 1.29 is 9.53 Å². The van der Waals surface area contributed by atoms with E-state index >= 15 is 0 Å². The van der Waals surface area contributed by atoms with Gasteiger partial charge < -0.3 is 9.64 Å². The lowest BCUT2D eigenvalue weighted by Gasteiger charge is -2.34. The Kier molecular flexibility index (Phi) is 5.16. The fraction of sp³-hybridized carbons (Fsp3) is 0.429. The summed E-state index contributed by atoms with van der Waals surface area (Å²) in [5.41, 5.74) is 3.62. The second-order valence-electron chi connectivity index (χ2n) is 7.05. The van der Waals surface area contributed by atoms with Crippen molar-refractivity contribution >= 4 is 5.91 Å². The molecule has 0 radical (unpaired) electrons. The highest BCUT2D eigenvalue weighted by Crippen LogP contribution is 2.26. The van der Waals surface area contributed by atoms with Gasteiger partial charge in [0.2, 0.25) is 5.91 Å². The first kappa shape index (κ1) is 17.0. The van der Waals surface area contributed by atoms with E-state index in [9.17, 15) is 4.79 Å². The number of ether oxygens (including phenoxy) is 1. The molecule has 2 aromatic rings. The highest BCUT2D eigenvalue weighted by Gasteiger charge is 2.21. The van der Waals surface area contributed by atoms with Gasteiger partial charge in [-0.15, -0.1) is 0 Å². The predicted molar refractivity (Wildman–Crippen MR) is 100 cm³/mol. The molecule has 0 aliphatic carbocycles. The van der Waals surface area contributed by atoms with Gasteiger partial charge in [0.05, 0.1) is 13.0 Å². The van der Waals surface area contributed by atoms with Gasteiger partial charge in [-0.1, -0.05) is 12.1 Å². The Hall–Kier alpha value is -2.40. The molecule has 0 N–H and O–H groups in total. The molecule has 5 nitrogen and oxygen atoms in total. The van der Waals surface area contributed by atoms with Crippen LogP contribution in [0.3, 0.4) is 0 Å². The van der Waals surface area contributed by atoms with Crippen molar-refractivity contribution in [3.63, 3.8) is 0 Å². The lowest BCUT2D eigenvalue weighted by molar-refractivity contribution is -0.132. The average Bonchev–Trinajstić information content (AvgIpc) is 3.15. The molecule has 0 saturated carbocycles. The fourth-order valence-corrected chi connectivity index (χ4v) is 3.66. The molecule has 5 heteroatoms. The number of benzene rings is 1. The molecular weight excluding hydrogens is 326 g/mol. The van der Waals surface area contributed by atoms with Crippen molar-refractivity contribution in [2.75, 3.05) is 39.3 Å². The largest absolute Gasteiger partial charge is 0.493 e. The number of rotatable bonds is 5. The Balaban J connectivity index is 1.24. The highest BCUT2D eigenvalue weighted by molar-refractivity contribution is 5.79. The lowest BCUT2D eigenvalue weighted by atomic mass is 10.1. The van der Waals surface area contributed by atoms with Crippen LogP contribution in [0.5, 0.6) is 5.75 Å². The summed E-state index contributed by atoms with van der Waals surface area (Å²) < 4.78 is 5.61. The maximum atomic E-state index is 12.6. The van der Waals surface area contributed by atoms with Gasteiger partial charge in [-0.05, 0) is 41.3 Å². The molecule has 0 spiro atoms. The number of pyridine rings is 1. The smallest absolute Gasteiger partial charge is 0.227 e. The first-order valence-corrected chi connectivity index (χ1v) is 9.41. The second-order valence-corrected chi connectivity index (χ2v) is 7.05. The monoisotopic (exact) mass is 351 g/mol. The Bertz CT molecular complexity index is 755. The molecule has 2 aliphatic heterocycles. The Morgan fingerprint density at radius 1 is 1.04 bits per heavy atom. The van der Waals surface area contributed by atoms with E-state index in [0.717, 1.165) is 63.5 Å². The van der Waals surface area contributed by atoms with E-state index in [1.54, 1.807) is 0 Å². The van der Waals surface area contributed by atoms with Crippen LogP contribution in [-0.2, 0) is 24.1 Å². The summed E-state index contributed by atoms with van der Waals surface area (Å²) in [7, 11) is 0. The van der Waals surface area contributed by atoms with Gasteiger partial charge in [-0.25, -0.2) is 0 Å². The van der Waals surface area contributed by atoms with E-state index in [2.05, 4.69) is 34.1 Å². The Morgan fingerprint density at radius 2 is 1.85 bits per heavy atom. The zero-order valence-electron chi connectivity index (χ0n) is 15.1. The number of hydrogen-bond donors (Lipinski definition) is 0. The normalized spacial score (nSPS) is 17.0. The van der Waals surface area contributed by atoms with Crippen LogP contribution >= 0.6 is 0 Å². The molecule has 0 unspecified atom stereocenters. The standard InChI is InChI=1S/C21H25N3O2/c25-21(16-18-1-2-19-6-14-26-20(19)15-18)24-12-10-23(11-13-24)9-5-17-3-7-22-8-4-17/h1-4,7-8,15H,5-6,9-14,16H2. The summed E-state index contributed by atoms with van der Waals surface area (Å²) in [6.45, 7) is 5.32. The molecule has 1 fully saturated rings. The van der Waals surface area contributed by atoms with Crippen molar-refractivity contribution in [1.82, 2.24) is 14.8 Å². The summed E-state index contributed by atoms with van der Waals surface area (Å²) >= 11 is 0. The topological polar surface area (TPSA) is 45.7 Å². The predicted octanol–water partition coefficient (Wildman–Crippen LogP) is 1.95. The first-order chi connectivity index (χ1) is 12.8. The number of carbonyl (C=O) groups excluding carboxylic acids is 1. The molecule has 0 atom stereocenters. The van der Waals surface area contributed by atoms with E-state index < -0.39 is 0 Å². The molecule has 136 valence electrons. The van der Waals surface area contributed by atoms with E-state index in [1.165, 1.54) is 11.1 Å². The molecule has 26 heavy (non-hydrogen) atoms. The van der Waals surface area contributed by atoms with Crippen LogP contribution in [0.1, 0.15) is 16.7 Å². The summed E-state index contributed by atoms with van der Waals surface area (Å²) in [6, 6.07) is 10.3. The van der Waals surface area contributed by atoms with Crippen molar-refractivity contribution in [2.24, 2.45) is 0 Å². The fourth-order valence-electron chi connectivity index (χ4n) is 3.66. The summed E-state index contributed by atoms with van der Waals surface area (Å²) in [6.07, 6.45) is 6.16. The molecule has 3 heterocycles. The molecule has 1 amide bonds. The number of amides is 1. The SMILES string of the molecule is O=C(Cc1ccc2c(c1)OCC2)N1CCN(CCc2ccncc2)CC1. The summed E-state index contributed by atoms with van der Waals surface area (Å²) in [4.78, 5) is 21.1. The number of carbonyl (C=O) groups is 1. The van der Waals surface area contributed by atoms with Crippen LogP contribution in [0.15, 0.2) is 42.7 Å². The van der Waals surface area contributed by atoms with Crippen LogP contribution in [0, 0.1) is 0 Å². The highest BCUT2D eigenvalue weighted by atomic mass is 16.5. The van der Waals surface area contributed by atoms with E-state index in [4.69, 9.17) is 4.74 Å². The number of aromatic nitrogens is 1. The molecular formula is C21H25N3O2. The van der Waals surface area contributed by atoms with Crippen molar-refractivity contribution in [3.05, 3.63) is 59.4 Å². The Morgan fingerprint density at radius 3 is 2.65 bits per heavy atom. The second kappa shape index (κ2) is 7.87. The third kappa shape index (κ3) is 4.05. The van der Waals surface area contributed by atoms with Gasteiger partial charge >= 0.3 is 0 Å². The molecule has 0 bridgehead atoms. The zero-order valence-corrected chi connectivity index (χ0v) is 15.1. The molecule has 1 saturated heterocycles. The minimum atomic E-state index is 0.219. The summed E-state index contributed by atoms with van der Waals surface area (Å²) in [5, 5.41) is 0. The summed E-state index contributed by atoms with van der Waals surface area (Å²) in [5.74, 6) is 1.17. The number of piperazine rings is 1. The van der Waals surface area contributed by atoms with Gasteiger partial charge in [-0.3, -0.25) is 14.7 Å². The van der Waals surface area contributed by atoms with Crippen LogP contribution in [0.2, 0.25) is 0 Å².